The molecule has 0 unspecified atom stereocenters. The molecule has 0 heterocycles. The Hall–Kier alpha value is -1.78. The maximum atomic E-state index is 12.8. The fourth-order valence-corrected chi connectivity index (χ4v) is 3.19. The number of hydrogen-bond donors (Lipinski definition) is 1. The molecular formula is C20H27F3O2. The molecule has 140 valence electrons. The first-order valence-corrected chi connectivity index (χ1v) is 8.49. The summed E-state index contributed by atoms with van der Waals surface area (Å²) in [5.41, 5.74) is 2.64. The van der Waals surface area contributed by atoms with Crippen molar-refractivity contribution in [3.63, 3.8) is 0 Å². The minimum atomic E-state index is -4.61. The van der Waals surface area contributed by atoms with Crippen molar-refractivity contribution in [2.75, 3.05) is 0 Å². The van der Waals surface area contributed by atoms with Gasteiger partial charge in [0.1, 0.15) is 0 Å². The Bertz CT molecular complexity index is 617. The molecule has 1 rings (SSSR count). The molecular weight excluding hydrogens is 329 g/mol. The van der Waals surface area contributed by atoms with E-state index in [4.69, 9.17) is 5.11 Å². The molecule has 1 N–H and O–H groups in total. The van der Waals surface area contributed by atoms with Gasteiger partial charge >= 0.3 is 12.1 Å². The molecule has 0 aliphatic heterocycles. The average Bonchev–Trinajstić information content (AvgIpc) is 2.43. The zero-order valence-corrected chi connectivity index (χ0v) is 15.3. The number of aliphatic carboxylic acids is 1. The molecule has 1 aliphatic rings. The quantitative estimate of drug-likeness (QED) is 0.443. The highest BCUT2D eigenvalue weighted by Crippen LogP contribution is 2.40. The van der Waals surface area contributed by atoms with Crippen molar-refractivity contribution >= 4 is 5.97 Å². The number of carbonyl (C=O) groups is 1. The number of rotatable bonds is 6. The molecule has 0 saturated carbocycles. The molecule has 0 aromatic heterocycles. The van der Waals surface area contributed by atoms with Gasteiger partial charge in [-0.15, -0.1) is 0 Å². The second-order valence-electron chi connectivity index (χ2n) is 7.26. The van der Waals surface area contributed by atoms with Gasteiger partial charge in [-0.25, -0.2) is 4.79 Å². The first-order valence-electron chi connectivity index (χ1n) is 8.49. The fourth-order valence-electron chi connectivity index (χ4n) is 3.19. The van der Waals surface area contributed by atoms with Crippen LogP contribution < -0.4 is 0 Å². The zero-order chi connectivity index (χ0) is 19.3. The summed E-state index contributed by atoms with van der Waals surface area (Å²) in [7, 11) is 0. The van der Waals surface area contributed by atoms with Crippen LogP contribution in [0.15, 0.2) is 46.6 Å². The lowest BCUT2D eigenvalue weighted by Gasteiger charge is -2.32. The maximum absolute atomic E-state index is 12.8. The minimum Gasteiger partial charge on any atom is -0.478 e. The third-order valence-electron chi connectivity index (χ3n) is 4.60. The summed E-state index contributed by atoms with van der Waals surface area (Å²) in [5, 5.41) is 8.55. The van der Waals surface area contributed by atoms with Crippen LogP contribution >= 0.6 is 0 Å². The summed E-state index contributed by atoms with van der Waals surface area (Å²) in [5.74, 6) is -1.57. The van der Waals surface area contributed by atoms with Crippen molar-refractivity contribution in [1.82, 2.24) is 0 Å². The van der Waals surface area contributed by atoms with Crippen molar-refractivity contribution < 1.29 is 23.1 Å². The highest BCUT2D eigenvalue weighted by Gasteiger charge is 2.33. The van der Waals surface area contributed by atoms with Crippen LogP contribution in [0.3, 0.4) is 0 Å². The van der Waals surface area contributed by atoms with Crippen LogP contribution in [0, 0.1) is 5.41 Å². The van der Waals surface area contributed by atoms with Crippen LogP contribution in [0.4, 0.5) is 13.2 Å². The normalized spacial score (nSPS) is 19.6. The third kappa shape index (κ3) is 6.92. The van der Waals surface area contributed by atoms with E-state index in [1.54, 1.807) is 6.08 Å². The van der Waals surface area contributed by atoms with E-state index < -0.39 is 17.7 Å². The van der Waals surface area contributed by atoms with Crippen molar-refractivity contribution in [3.8, 4) is 0 Å². The van der Waals surface area contributed by atoms with Crippen LogP contribution in [0.2, 0.25) is 0 Å². The number of halogens is 3. The number of hydrogen-bond acceptors (Lipinski definition) is 1. The number of carboxylic acid groups (broad SMARTS) is 1. The van der Waals surface area contributed by atoms with E-state index in [1.165, 1.54) is 17.6 Å². The fraction of sp³-hybridized carbons (Fsp3) is 0.550. The van der Waals surface area contributed by atoms with Crippen LogP contribution in [-0.4, -0.2) is 17.3 Å². The van der Waals surface area contributed by atoms with E-state index in [-0.39, 0.29) is 24.3 Å². The Balaban J connectivity index is 2.77. The van der Waals surface area contributed by atoms with Gasteiger partial charge in [-0.2, -0.15) is 13.2 Å². The summed E-state index contributed by atoms with van der Waals surface area (Å²) in [6, 6.07) is 0. The Kier molecular flexibility index (Phi) is 7.27. The SMILES string of the molecule is CC1=C(/C=C/C(C)=C/CC/C(=C/C(=O)O)C(F)(F)F)C(C)(C)CCC1. The van der Waals surface area contributed by atoms with Gasteiger partial charge in [-0.3, -0.25) is 0 Å². The molecule has 2 nitrogen and oxygen atoms in total. The van der Waals surface area contributed by atoms with Gasteiger partial charge < -0.3 is 5.11 Å². The van der Waals surface area contributed by atoms with Crippen LogP contribution in [-0.2, 0) is 4.79 Å². The van der Waals surface area contributed by atoms with E-state index in [9.17, 15) is 18.0 Å². The summed E-state index contributed by atoms with van der Waals surface area (Å²) in [6.45, 7) is 8.39. The molecule has 0 saturated heterocycles. The predicted octanol–water partition coefficient (Wildman–Crippen LogP) is 6.37. The van der Waals surface area contributed by atoms with E-state index in [2.05, 4.69) is 26.8 Å². The molecule has 0 bridgehead atoms. The van der Waals surface area contributed by atoms with Gasteiger partial charge in [-0.05, 0) is 56.9 Å². The lowest BCUT2D eigenvalue weighted by Crippen LogP contribution is -2.19. The van der Waals surface area contributed by atoms with Gasteiger partial charge in [0.05, 0.1) is 0 Å². The molecule has 0 spiro atoms. The van der Waals surface area contributed by atoms with E-state index in [0.29, 0.717) is 0 Å². The molecule has 1 aliphatic carbocycles. The molecule has 25 heavy (non-hydrogen) atoms. The largest absolute Gasteiger partial charge is 0.478 e. The van der Waals surface area contributed by atoms with Crippen molar-refractivity contribution in [1.29, 1.82) is 0 Å². The van der Waals surface area contributed by atoms with Gasteiger partial charge in [0.25, 0.3) is 0 Å². The average molecular weight is 356 g/mol. The molecule has 5 heteroatoms. The van der Waals surface area contributed by atoms with Gasteiger partial charge in [0.15, 0.2) is 0 Å². The van der Waals surface area contributed by atoms with Crippen molar-refractivity contribution in [3.05, 3.63) is 46.6 Å². The third-order valence-corrected chi connectivity index (χ3v) is 4.60. The lowest BCUT2D eigenvalue weighted by molar-refractivity contribution is -0.132. The summed E-state index contributed by atoms with van der Waals surface area (Å²) in [4.78, 5) is 10.5. The van der Waals surface area contributed by atoms with Crippen LogP contribution in [0.1, 0.15) is 59.8 Å². The Labute approximate surface area is 147 Å². The van der Waals surface area contributed by atoms with Gasteiger partial charge in [-0.1, -0.05) is 43.2 Å². The number of alkyl halides is 3. The van der Waals surface area contributed by atoms with Crippen LogP contribution in [0.5, 0.6) is 0 Å². The second-order valence-corrected chi connectivity index (χ2v) is 7.26. The highest BCUT2D eigenvalue weighted by molar-refractivity contribution is 5.80. The Morgan fingerprint density at radius 3 is 2.48 bits per heavy atom. The molecule has 0 aromatic carbocycles. The molecule has 0 aromatic rings. The molecule has 0 atom stereocenters. The van der Waals surface area contributed by atoms with E-state index in [0.717, 1.165) is 18.4 Å². The number of carboxylic acids is 1. The van der Waals surface area contributed by atoms with E-state index >= 15 is 0 Å². The minimum absolute atomic E-state index is 0.118. The van der Waals surface area contributed by atoms with E-state index in [1.807, 2.05) is 13.0 Å². The van der Waals surface area contributed by atoms with Gasteiger partial charge in [0.2, 0.25) is 0 Å². The van der Waals surface area contributed by atoms with Crippen molar-refractivity contribution in [2.24, 2.45) is 5.41 Å². The Morgan fingerprint density at radius 1 is 1.32 bits per heavy atom. The molecule has 0 radical (unpaired) electrons. The van der Waals surface area contributed by atoms with Crippen molar-refractivity contribution in [2.45, 2.75) is 66.0 Å². The molecule has 0 amide bonds. The standard InChI is InChI=1S/C20H27F3O2/c1-14(7-5-9-16(13-18(24)25)20(21,22)23)10-11-17-15(2)8-6-12-19(17,3)4/h7,10-11,13H,5-6,8-9,12H2,1-4H3,(H,24,25)/b11-10+,14-7+,16-13-. The first-order chi connectivity index (χ1) is 11.4. The summed E-state index contributed by atoms with van der Waals surface area (Å²) < 4.78 is 38.3. The van der Waals surface area contributed by atoms with Gasteiger partial charge in [0, 0.05) is 11.6 Å². The summed E-state index contributed by atoms with van der Waals surface area (Å²) >= 11 is 0. The zero-order valence-electron chi connectivity index (χ0n) is 15.3. The maximum Gasteiger partial charge on any atom is 0.412 e. The second kappa shape index (κ2) is 8.54. The molecule has 0 fully saturated rings. The highest BCUT2D eigenvalue weighted by atomic mass is 19.4. The monoisotopic (exact) mass is 356 g/mol. The predicted molar refractivity (Wildman–Crippen MR) is 94.2 cm³/mol. The Morgan fingerprint density at radius 2 is 1.96 bits per heavy atom. The van der Waals surface area contributed by atoms with Crippen LogP contribution in [0.25, 0.3) is 0 Å². The number of allylic oxidation sites excluding steroid dienone is 7. The summed E-state index contributed by atoms with van der Waals surface area (Å²) in [6.07, 6.45) is 4.55. The smallest absolute Gasteiger partial charge is 0.412 e. The first kappa shape index (κ1) is 21.3. The lowest BCUT2D eigenvalue weighted by atomic mass is 9.72. The topological polar surface area (TPSA) is 37.3 Å².